The van der Waals surface area contributed by atoms with Crippen molar-refractivity contribution in [2.45, 2.75) is 128 Å². The van der Waals surface area contributed by atoms with Gasteiger partial charge in [-0.15, -0.1) is 0 Å². The van der Waals surface area contributed by atoms with E-state index in [0.29, 0.717) is 58.2 Å². The molecule has 1 heterocycles. The molecule has 0 saturated carbocycles. The van der Waals surface area contributed by atoms with Crippen molar-refractivity contribution in [2.75, 3.05) is 19.6 Å². The smallest absolute Gasteiger partial charge is 0.326 e. The zero-order valence-corrected chi connectivity index (χ0v) is 30.0. The van der Waals surface area contributed by atoms with Gasteiger partial charge < -0.3 is 41.7 Å². The Bertz CT molecular complexity index is 1270. The lowest BCUT2D eigenvalue weighted by Gasteiger charge is -2.20. The minimum absolute atomic E-state index is 0.0123. The monoisotopic (exact) mass is 736 g/mol. The number of carboxylic acid groups (broad SMARTS) is 4. The number of amides is 4. The molecule has 3 unspecified atom stereocenters. The van der Waals surface area contributed by atoms with E-state index in [1.165, 1.54) is 0 Å². The third-order valence-electron chi connectivity index (χ3n) is 8.14. The van der Waals surface area contributed by atoms with Crippen molar-refractivity contribution in [3.05, 3.63) is 30.1 Å². The molecule has 17 nitrogen and oxygen atoms in total. The number of carbonyl (C=O) groups is 7. The molecule has 0 fully saturated rings. The second-order valence-corrected chi connectivity index (χ2v) is 12.8. The summed E-state index contributed by atoms with van der Waals surface area (Å²) in [5.41, 5.74) is 0.819. The number of nitrogens with zero attached hydrogens (tertiary/aromatic N) is 2. The molecular weight excluding hydrogens is 680 g/mol. The van der Waals surface area contributed by atoms with Crippen molar-refractivity contribution >= 4 is 41.7 Å². The number of hydrogen-bond donors (Lipinski definition) is 8. The average Bonchev–Trinajstić information content (AvgIpc) is 3.07. The molecule has 8 N–H and O–H groups in total. The molecule has 0 saturated heterocycles. The van der Waals surface area contributed by atoms with Crippen LogP contribution in [-0.4, -0.2) is 110 Å². The van der Waals surface area contributed by atoms with E-state index < -0.39 is 48.4 Å². The van der Waals surface area contributed by atoms with Crippen molar-refractivity contribution < 1.29 is 54.0 Å². The predicted molar refractivity (Wildman–Crippen MR) is 189 cm³/mol. The number of rotatable bonds is 30. The number of aromatic nitrogens is 1. The first kappa shape index (κ1) is 45.2. The fourth-order valence-electron chi connectivity index (χ4n) is 5.36. The maximum atomic E-state index is 12.3. The van der Waals surface area contributed by atoms with E-state index >= 15 is 0 Å². The molecule has 0 bridgehead atoms. The Morgan fingerprint density at radius 1 is 0.673 bits per heavy atom. The minimum Gasteiger partial charge on any atom is -0.481 e. The number of aliphatic carboxylic acids is 4. The van der Waals surface area contributed by atoms with Gasteiger partial charge in [0.25, 0.3) is 0 Å². The Kier molecular flexibility index (Phi) is 23.4. The van der Waals surface area contributed by atoms with E-state index in [0.717, 1.165) is 44.2 Å². The third kappa shape index (κ3) is 23.6. The zero-order valence-electron chi connectivity index (χ0n) is 30.0. The van der Waals surface area contributed by atoms with Crippen LogP contribution in [0.25, 0.3) is 0 Å². The van der Waals surface area contributed by atoms with Gasteiger partial charge in [0.2, 0.25) is 11.8 Å². The summed E-state index contributed by atoms with van der Waals surface area (Å²) in [5.74, 6) is -4.94. The van der Waals surface area contributed by atoms with Crippen LogP contribution >= 0.6 is 0 Å². The number of hydrogen-bond acceptors (Lipinski definition) is 9. The maximum absolute atomic E-state index is 12.3. The van der Waals surface area contributed by atoms with Crippen molar-refractivity contribution in [2.24, 2.45) is 0 Å². The second kappa shape index (κ2) is 26.9. The molecule has 1 rings (SSSR count). The molecule has 0 aliphatic carbocycles. The first-order valence-corrected chi connectivity index (χ1v) is 17.9. The van der Waals surface area contributed by atoms with E-state index in [2.05, 4.69) is 26.3 Å². The highest BCUT2D eigenvalue weighted by atomic mass is 16.4. The van der Waals surface area contributed by atoms with E-state index in [4.69, 9.17) is 10.2 Å². The van der Waals surface area contributed by atoms with Gasteiger partial charge in [0.15, 0.2) is 0 Å². The molecule has 0 aromatic carbocycles. The summed E-state index contributed by atoms with van der Waals surface area (Å²) in [6.45, 7) is 3.41. The van der Waals surface area contributed by atoms with Gasteiger partial charge in [-0.05, 0) is 70.5 Å². The van der Waals surface area contributed by atoms with Crippen LogP contribution < -0.4 is 21.3 Å². The Morgan fingerprint density at radius 2 is 1.29 bits per heavy atom. The molecule has 3 atom stereocenters. The summed E-state index contributed by atoms with van der Waals surface area (Å²) in [5, 5.41) is 46.6. The molecule has 0 spiro atoms. The highest BCUT2D eigenvalue weighted by Crippen LogP contribution is 2.09. The average molecular weight is 737 g/mol. The quantitative estimate of drug-likeness (QED) is 0.0529. The molecule has 292 valence electrons. The highest BCUT2D eigenvalue weighted by Gasteiger charge is 2.24. The maximum Gasteiger partial charge on any atom is 0.326 e. The van der Waals surface area contributed by atoms with Crippen molar-refractivity contribution in [1.29, 1.82) is 0 Å². The number of urea groups is 1. The van der Waals surface area contributed by atoms with E-state index in [9.17, 15) is 43.8 Å². The van der Waals surface area contributed by atoms with Crippen LogP contribution in [0.5, 0.6) is 0 Å². The number of unbranched alkanes of at least 4 members (excludes halogenated alkanes) is 6. The van der Waals surface area contributed by atoms with Crippen LogP contribution in [0.1, 0.15) is 109 Å². The minimum atomic E-state index is -1.47. The molecule has 52 heavy (non-hydrogen) atoms. The molecule has 1 aromatic heterocycles. The Morgan fingerprint density at radius 3 is 1.88 bits per heavy atom. The normalized spacial score (nSPS) is 12.7. The van der Waals surface area contributed by atoms with Crippen LogP contribution in [0, 0.1) is 0 Å². The fraction of sp³-hybridized carbons (Fsp3) is 0.657. The van der Waals surface area contributed by atoms with E-state index in [1.54, 1.807) is 6.20 Å². The standard InChI is InChI=1S/C35H56N6O11/c1-25(13-9-12-22-41(24-32(46)47)23-26-14-8-11-20-36-26)38-30(43)17-7-3-2-6-16-29(42)37-21-10-4-5-15-27(33(48)49)39-35(52)40-28(34(50)51)18-19-31(44)45/h8,11,14,20,25,27-28H,2-7,9-10,12-13,15-19,21-24H2,1H3,(H,37,42)(H,38,43)(H,44,45)(H,46,47)(H,48,49)(H,50,51)(H2,39,40,52). The van der Waals surface area contributed by atoms with Crippen molar-refractivity contribution in [3.63, 3.8) is 0 Å². The van der Waals surface area contributed by atoms with Gasteiger partial charge in [-0.3, -0.25) is 29.1 Å². The predicted octanol–water partition coefficient (Wildman–Crippen LogP) is 2.73. The van der Waals surface area contributed by atoms with Crippen LogP contribution in [0.4, 0.5) is 4.79 Å². The number of carboxylic acids is 4. The summed E-state index contributed by atoms with van der Waals surface area (Å²) in [4.78, 5) is 87.3. The largest absolute Gasteiger partial charge is 0.481 e. The Hall–Kier alpha value is -4.80. The summed E-state index contributed by atoms with van der Waals surface area (Å²) in [6, 6.07) is 1.82. The first-order valence-electron chi connectivity index (χ1n) is 17.9. The summed E-state index contributed by atoms with van der Waals surface area (Å²) >= 11 is 0. The van der Waals surface area contributed by atoms with Gasteiger partial charge in [0.1, 0.15) is 12.1 Å². The molecule has 0 radical (unpaired) electrons. The second-order valence-electron chi connectivity index (χ2n) is 12.8. The van der Waals surface area contributed by atoms with Crippen LogP contribution in [0.3, 0.4) is 0 Å². The SMILES string of the molecule is CC(CCCCN(CC(=O)O)Cc1ccccn1)NC(=O)CCCCCCC(=O)NCCCCCC(NC(=O)NC(CCC(=O)O)C(=O)O)C(=O)O. The zero-order chi connectivity index (χ0) is 38.7. The summed E-state index contributed by atoms with van der Waals surface area (Å²) in [6.07, 6.45) is 8.82. The van der Waals surface area contributed by atoms with E-state index in [1.807, 2.05) is 30.0 Å². The van der Waals surface area contributed by atoms with Crippen LogP contribution in [0.15, 0.2) is 24.4 Å². The molecule has 0 aliphatic heterocycles. The third-order valence-corrected chi connectivity index (χ3v) is 8.14. The summed E-state index contributed by atoms with van der Waals surface area (Å²) < 4.78 is 0. The number of pyridine rings is 1. The van der Waals surface area contributed by atoms with Crippen LogP contribution in [-0.2, 0) is 35.3 Å². The summed E-state index contributed by atoms with van der Waals surface area (Å²) in [7, 11) is 0. The number of carbonyl (C=O) groups excluding carboxylic acids is 3. The fourth-order valence-corrected chi connectivity index (χ4v) is 5.36. The van der Waals surface area contributed by atoms with Crippen molar-refractivity contribution in [1.82, 2.24) is 31.2 Å². The number of nitrogens with one attached hydrogen (secondary N) is 4. The molecule has 1 aromatic rings. The lowest BCUT2D eigenvalue weighted by Crippen LogP contribution is -2.51. The molecule has 0 aliphatic rings. The van der Waals surface area contributed by atoms with Crippen LogP contribution in [0.2, 0.25) is 0 Å². The van der Waals surface area contributed by atoms with Gasteiger partial charge in [0, 0.05) is 44.6 Å². The Balaban J connectivity index is 2.11. The molecule has 4 amide bonds. The van der Waals surface area contributed by atoms with Gasteiger partial charge in [-0.2, -0.15) is 0 Å². The first-order chi connectivity index (χ1) is 24.8. The van der Waals surface area contributed by atoms with Gasteiger partial charge in [-0.25, -0.2) is 14.4 Å². The van der Waals surface area contributed by atoms with E-state index in [-0.39, 0.29) is 37.2 Å². The van der Waals surface area contributed by atoms with Crippen molar-refractivity contribution in [3.8, 4) is 0 Å². The topological polar surface area (TPSA) is 265 Å². The molecular formula is C35H56N6O11. The van der Waals surface area contributed by atoms with Gasteiger partial charge >= 0.3 is 29.9 Å². The highest BCUT2D eigenvalue weighted by molar-refractivity contribution is 5.86. The Labute approximate surface area is 304 Å². The van der Waals surface area contributed by atoms with Gasteiger partial charge in [0.05, 0.1) is 12.2 Å². The van der Waals surface area contributed by atoms with Gasteiger partial charge in [-0.1, -0.05) is 38.2 Å². The lowest BCUT2D eigenvalue weighted by molar-refractivity contribution is -0.141. The lowest BCUT2D eigenvalue weighted by atomic mass is 10.1. The molecule has 17 heteroatoms.